The van der Waals surface area contributed by atoms with E-state index in [9.17, 15) is 4.79 Å². The molecule has 1 amide bonds. The number of nitrogens with zero attached hydrogens (tertiary/aromatic N) is 2. The van der Waals surface area contributed by atoms with Gasteiger partial charge in [-0.3, -0.25) is 9.69 Å². The zero-order chi connectivity index (χ0) is 14.5. The topological polar surface area (TPSA) is 42.4 Å². The first-order chi connectivity index (χ1) is 9.69. The number of carbonyl (C=O) groups excluding carboxylic acids is 1. The van der Waals surface area contributed by atoms with Gasteiger partial charge in [0.25, 0.3) is 0 Å². The van der Waals surface area contributed by atoms with Crippen LogP contribution in [0.5, 0.6) is 5.75 Å². The van der Waals surface area contributed by atoms with E-state index in [0.717, 1.165) is 17.0 Å². The van der Waals surface area contributed by atoms with Gasteiger partial charge in [0.2, 0.25) is 5.91 Å². The van der Waals surface area contributed by atoms with Crippen LogP contribution in [0.1, 0.15) is 6.92 Å². The van der Waals surface area contributed by atoms with Crippen molar-refractivity contribution in [3.8, 4) is 17.0 Å². The van der Waals surface area contributed by atoms with E-state index in [1.165, 1.54) is 11.3 Å². The quantitative estimate of drug-likeness (QED) is 0.795. The number of amides is 1. The van der Waals surface area contributed by atoms with Gasteiger partial charge in [0.1, 0.15) is 11.6 Å². The van der Waals surface area contributed by atoms with Crippen LogP contribution in [-0.4, -0.2) is 30.4 Å². The summed E-state index contributed by atoms with van der Waals surface area (Å²) in [5, 5.41) is 2.60. The molecule has 0 bridgehead atoms. The molecule has 0 atom stereocenters. The predicted octanol–water partition coefficient (Wildman–Crippen LogP) is 3.41. The van der Waals surface area contributed by atoms with Crippen molar-refractivity contribution in [1.82, 2.24) is 4.98 Å². The largest absolute Gasteiger partial charge is 0.497 e. The summed E-state index contributed by atoms with van der Waals surface area (Å²) in [5.74, 6) is 0.632. The van der Waals surface area contributed by atoms with Crippen LogP contribution in [0.4, 0.5) is 5.13 Å². The molecule has 1 heterocycles. The first-order valence-electron chi connectivity index (χ1n) is 6.15. The van der Waals surface area contributed by atoms with E-state index < -0.39 is 0 Å². The summed E-state index contributed by atoms with van der Waals surface area (Å²) in [7, 11) is 1.63. The average molecular weight is 311 g/mol. The Balaban J connectivity index is 2.25. The highest BCUT2D eigenvalue weighted by Gasteiger charge is 2.16. The van der Waals surface area contributed by atoms with Crippen LogP contribution in [0.2, 0.25) is 0 Å². The van der Waals surface area contributed by atoms with Gasteiger partial charge < -0.3 is 4.74 Å². The maximum atomic E-state index is 11.7. The van der Waals surface area contributed by atoms with Crippen molar-refractivity contribution >= 4 is 34.0 Å². The Labute approximate surface area is 127 Å². The summed E-state index contributed by atoms with van der Waals surface area (Å²) in [4.78, 5) is 17.8. The molecular weight excluding hydrogens is 296 g/mol. The maximum absolute atomic E-state index is 11.7. The Kier molecular flexibility index (Phi) is 4.98. The number of aromatic nitrogens is 1. The summed E-state index contributed by atoms with van der Waals surface area (Å²) >= 11 is 7.04. The third-order valence-corrected chi connectivity index (χ3v) is 3.93. The van der Waals surface area contributed by atoms with E-state index in [0.29, 0.717) is 11.7 Å². The van der Waals surface area contributed by atoms with Crippen molar-refractivity contribution in [2.45, 2.75) is 6.92 Å². The third-order valence-electron chi connectivity index (χ3n) is 2.84. The first kappa shape index (κ1) is 14.8. The van der Waals surface area contributed by atoms with Crippen molar-refractivity contribution in [2.75, 3.05) is 24.4 Å². The molecule has 0 unspecified atom stereocenters. The standard InChI is InChI=1S/C14H15ClN2O2S/c1-3-17(13(18)8-15)14-16-12(9-20-14)10-4-6-11(19-2)7-5-10/h4-7,9H,3,8H2,1-2H3. The van der Waals surface area contributed by atoms with Gasteiger partial charge in [-0.2, -0.15) is 0 Å². The zero-order valence-electron chi connectivity index (χ0n) is 11.3. The lowest BCUT2D eigenvalue weighted by Crippen LogP contribution is -2.31. The lowest BCUT2D eigenvalue weighted by Gasteiger charge is -2.15. The van der Waals surface area contributed by atoms with Crippen LogP contribution in [0.3, 0.4) is 0 Å². The minimum Gasteiger partial charge on any atom is -0.497 e. The maximum Gasteiger partial charge on any atom is 0.243 e. The summed E-state index contributed by atoms with van der Waals surface area (Å²) < 4.78 is 5.13. The molecule has 2 rings (SSSR count). The average Bonchev–Trinajstić information content (AvgIpc) is 2.97. The van der Waals surface area contributed by atoms with Crippen molar-refractivity contribution in [3.05, 3.63) is 29.6 Å². The minimum absolute atomic E-state index is 0.0364. The van der Waals surface area contributed by atoms with Crippen LogP contribution in [0, 0.1) is 0 Å². The number of carbonyl (C=O) groups is 1. The fourth-order valence-corrected chi connectivity index (χ4v) is 2.83. The monoisotopic (exact) mass is 310 g/mol. The molecule has 6 heteroatoms. The second-order valence-corrected chi connectivity index (χ2v) is 5.12. The van der Waals surface area contributed by atoms with Crippen LogP contribution in [0.15, 0.2) is 29.6 Å². The molecule has 0 saturated heterocycles. The van der Waals surface area contributed by atoms with E-state index in [4.69, 9.17) is 16.3 Å². The molecule has 20 heavy (non-hydrogen) atoms. The van der Waals surface area contributed by atoms with Crippen LogP contribution >= 0.6 is 22.9 Å². The number of halogens is 1. The molecule has 0 aliphatic rings. The second-order valence-electron chi connectivity index (χ2n) is 4.02. The molecule has 0 fully saturated rings. The van der Waals surface area contributed by atoms with Gasteiger partial charge in [0.15, 0.2) is 5.13 Å². The molecule has 2 aromatic rings. The predicted molar refractivity (Wildman–Crippen MR) is 82.8 cm³/mol. The zero-order valence-corrected chi connectivity index (χ0v) is 12.9. The summed E-state index contributed by atoms with van der Waals surface area (Å²) in [6.07, 6.45) is 0. The SMILES string of the molecule is CCN(C(=O)CCl)c1nc(-c2ccc(OC)cc2)cs1. The third kappa shape index (κ3) is 3.11. The number of thiazole rings is 1. The van der Waals surface area contributed by atoms with Crippen LogP contribution in [-0.2, 0) is 4.79 Å². The molecule has 0 aliphatic carbocycles. The van der Waals surface area contributed by atoms with Crippen molar-refractivity contribution in [3.63, 3.8) is 0 Å². The highest BCUT2D eigenvalue weighted by Crippen LogP contribution is 2.28. The Morgan fingerprint density at radius 1 is 1.40 bits per heavy atom. The molecule has 1 aromatic carbocycles. The van der Waals surface area contributed by atoms with Gasteiger partial charge in [0, 0.05) is 17.5 Å². The van der Waals surface area contributed by atoms with E-state index in [1.807, 2.05) is 36.6 Å². The molecule has 0 aliphatic heterocycles. The highest BCUT2D eigenvalue weighted by molar-refractivity contribution is 7.14. The normalized spacial score (nSPS) is 10.3. The highest BCUT2D eigenvalue weighted by atomic mass is 35.5. The molecule has 1 aromatic heterocycles. The van der Waals surface area contributed by atoms with E-state index in [2.05, 4.69) is 4.98 Å². The molecule has 0 spiro atoms. The molecule has 4 nitrogen and oxygen atoms in total. The Morgan fingerprint density at radius 2 is 2.10 bits per heavy atom. The lowest BCUT2D eigenvalue weighted by molar-refractivity contribution is -0.116. The van der Waals surface area contributed by atoms with Gasteiger partial charge in [0.05, 0.1) is 12.8 Å². The number of alkyl halides is 1. The molecule has 0 N–H and O–H groups in total. The number of ether oxygens (including phenoxy) is 1. The smallest absolute Gasteiger partial charge is 0.243 e. The summed E-state index contributed by atoms with van der Waals surface area (Å²) in [5.41, 5.74) is 1.83. The number of benzene rings is 1. The van der Waals surface area contributed by atoms with E-state index >= 15 is 0 Å². The summed E-state index contributed by atoms with van der Waals surface area (Å²) in [6, 6.07) is 7.65. The second kappa shape index (κ2) is 6.72. The van der Waals surface area contributed by atoms with Gasteiger partial charge >= 0.3 is 0 Å². The molecule has 106 valence electrons. The number of rotatable bonds is 5. The van der Waals surface area contributed by atoms with Gasteiger partial charge in [-0.05, 0) is 31.2 Å². The Bertz CT molecular complexity index is 583. The van der Waals surface area contributed by atoms with Gasteiger partial charge in [-0.1, -0.05) is 0 Å². The van der Waals surface area contributed by atoms with Crippen LogP contribution < -0.4 is 9.64 Å². The fraction of sp³-hybridized carbons (Fsp3) is 0.286. The van der Waals surface area contributed by atoms with Gasteiger partial charge in [-0.25, -0.2) is 4.98 Å². The first-order valence-corrected chi connectivity index (χ1v) is 7.57. The fourth-order valence-electron chi connectivity index (χ4n) is 1.77. The van der Waals surface area contributed by atoms with E-state index in [-0.39, 0.29) is 11.8 Å². The molecular formula is C14H15ClN2O2S. The number of methoxy groups -OCH3 is 1. The minimum atomic E-state index is -0.134. The molecule has 0 radical (unpaired) electrons. The number of hydrogen-bond donors (Lipinski definition) is 0. The molecule has 0 saturated carbocycles. The lowest BCUT2D eigenvalue weighted by atomic mass is 10.2. The number of anilines is 1. The van der Waals surface area contributed by atoms with E-state index in [1.54, 1.807) is 12.0 Å². The summed E-state index contributed by atoms with van der Waals surface area (Å²) in [6.45, 7) is 2.46. The van der Waals surface area contributed by atoms with Crippen molar-refractivity contribution in [2.24, 2.45) is 0 Å². The Morgan fingerprint density at radius 3 is 2.65 bits per heavy atom. The Hall–Kier alpha value is -1.59. The van der Waals surface area contributed by atoms with Gasteiger partial charge in [-0.15, -0.1) is 22.9 Å². The number of hydrogen-bond acceptors (Lipinski definition) is 4. The van der Waals surface area contributed by atoms with Crippen molar-refractivity contribution in [1.29, 1.82) is 0 Å². The van der Waals surface area contributed by atoms with Crippen molar-refractivity contribution < 1.29 is 9.53 Å². The van der Waals surface area contributed by atoms with Crippen LogP contribution in [0.25, 0.3) is 11.3 Å².